The fraction of sp³-hybridized carbons (Fsp3) is 0.778. The van der Waals surface area contributed by atoms with Crippen LogP contribution in [0.15, 0.2) is 6.33 Å². The third-order valence-corrected chi connectivity index (χ3v) is 2.44. The van der Waals surface area contributed by atoms with Crippen LogP contribution < -0.4 is 5.32 Å². The van der Waals surface area contributed by atoms with Crippen molar-refractivity contribution < 1.29 is 4.74 Å². The van der Waals surface area contributed by atoms with E-state index in [1.165, 1.54) is 19.2 Å². The highest BCUT2D eigenvalue weighted by Gasteiger charge is 2.12. The van der Waals surface area contributed by atoms with Crippen molar-refractivity contribution >= 4 is 0 Å². The van der Waals surface area contributed by atoms with Crippen molar-refractivity contribution in [1.82, 2.24) is 20.5 Å². The van der Waals surface area contributed by atoms with Gasteiger partial charge in [0, 0.05) is 13.2 Å². The van der Waals surface area contributed by atoms with Gasteiger partial charge < -0.3 is 10.1 Å². The zero-order valence-electron chi connectivity index (χ0n) is 8.20. The summed E-state index contributed by atoms with van der Waals surface area (Å²) in [5, 5.41) is 9.95. The van der Waals surface area contributed by atoms with Gasteiger partial charge in [-0.25, -0.2) is 4.98 Å². The van der Waals surface area contributed by atoms with E-state index in [1.54, 1.807) is 0 Å². The van der Waals surface area contributed by atoms with E-state index in [2.05, 4.69) is 20.5 Å². The molecule has 0 aliphatic carbocycles. The van der Waals surface area contributed by atoms with Gasteiger partial charge in [-0.2, -0.15) is 5.10 Å². The Morgan fingerprint density at radius 2 is 2.64 bits per heavy atom. The molecule has 0 radical (unpaired) electrons. The highest BCUT2D eigenvalue weighted by atomic mass is 16.5. The Balaban J connectivity index is 1.62. The van der Waals surface area contributed by atoms with Crippen LogP contribution in [-0.2, 0) is 11.3 Å². The molecule has 5 nitrogen and oxygen atoms in total. The third kappa shape index (κ3) is 2.78. The Labute approximate surface area is 83.3 Å². The molecule has 0 bridgehead atoms. The second-order valence-corrected chi connectivity index (χ2v) is 3.65. The molecule has 1 unspecified atom stereocenters. The number of ether oxygens (including phenoxy) is 1. The lowest BCUT2D eigenvalue weighted by molar-refractivity contribution is 0.0547. The van der Waals surface area contributed by atoms with Gasteiger partial charge in [0.2, 0.25) is 0 Å². The zero-order chi connectivity index (χ0) is 9.64. The van der Waals surface area contributed by atoms with Crippen molar-refractivity contribution in [2.24, 2.45) is 5.92 Å². The van der Waals surface area contributed by atoms with Gasteiger partial charge in [-0.1, -0.05) is 0 Å². The van der Waals surface area contributed by atoms with Gasteiger partial charge >= 0.3 is 0 Å². The molecule has 1 aliphatic rings. The summed E-state index contributed by atoms with van der Waals surface area (Å²) in [6.45, 7) is 3.58. The summed E-state index contributed by atoms with van der Waals surface area (Å²) < 4.78 is 5.39. The molecule has 2 heterocycles. The van der Waals surface area contributed by atoms with Crippen LogP contribution in [0.5, 0.6) is 0 Å². The summed E-state index contributed by atoms with van der Waals surface area (Å²) in [5.41, 5.74) is 0. The Morgan fingerprint density at radius 3 is 3.36 bits per heavy atom. The van der Waals surface area contributed by atoms with Crippen molar-refractivity contribution in [2.75, 3.05) is 19.8 Å². The SMILES string of the molecule is c1n[nH]c(CNCC2CCCOC2)n1. The monoisotopic (exact) mass is 196 g/mol. The Kier molecular flexibility index (Phi) is 3.48. The van der Waals surface area contributed by atoms with Gasteiger partial charge in [0.05, 0.1) is 13.2 Å². The molecule has 0 aromatic carbocycles. The number of rotatable bonds is 4. The van der Waals surface area contributed by atoms with E-state index in [4.69, 9.17) is 4.74 Å². The summed E-state index contributed by atoms with van der Waals surface area (Å²) in [6.07, 6.45) is 3.98. The molecule has 1 aromatic heterocycles. The maximum atomic E-state index is 5.39. The summed E-state index contributed by atoms with van der Waals surface area (Å²) in [6, 6.07) is 0. The topological polar surface area (TPSA) is 62.8 Å². The molecule has 2 rings (SSSR count). The van der Waals surface area contributed by atoms with Crippen LogP contribution in [0.4, 0.5) is 0 Å². The number of H-pyrrole nitrogens is 1. The highest BCUT2D eigenvalue weighted by Crippen LogP contribution is 2.11. The van der Waals surface area contributed by atoms with E-state index < -0.39 is 0 Å². The molecule has 2 N–H and O–H groups in total. The largest absolute Gasteiger partial charge is 0.381 e. The third-order valence-electron chi connectivity index (χ3n) is 2.44. The summed E-state index contributed by atoms with van der Waals surface area (Å²) >= 11 is 0. The first kappa shape index (κ1) is 9.61. The normalized spacial score (nSPS) is 22.4. The quantitative estimate of drug-likeness (QED) is 0.728. The van der Waals surface area contributed by atoms with Crippen LogP contribution in [0.25, 0.3) is 0 Å². The molecule has 1 atom stereocenters. The Morgan fingerprint density at radius 1 is 1.64 bits per heavy atom. The van der Waals surface area contributed by atoms with Crippen LogP contribution in [0.3, 0.4) is 0 Å². The minimum atomic E-state index is 0.659. The highest BCUT2D eigenvalue weighted by molar-refractivity contribution is 4.79. The van der Waals surface area contributed by atoms with E-state index in [1.807, 2.05) is 0 Å². The first-order valence-electron chi connectivity index (χ1n) is 5.08. The number of nitrogens with zero attached hydrogens (tertiary/aromatic N) is 2. The van der Waals surface area contributed by atoms with Crippen molar-refractivity contribution in [2.45, 2.75) is 19.4 Å². The van der Waals surface area contributed by atoms with Crippen LogP contribution in [-0.4, -0.2) is 34.9 Å². The van der Waals surface area contributed by atoms with Crippen molar-refractivity contribution in [3.05, 3.63) is 12.2 Å². The molecule has 1 aliphatic heterocycles. The molecular weight excluding hydrogens is 180 g/mol. The molecule has 1 fully saturated rings. The van der Waals surface area contributed by atoms with Crippen molar-refractivity contribution in [3.63, 3.8) is 0 Å². The van der Waals surface area contributed by atoms with Gasteiger partial charge in [0.25, 0.3) is 0 Å². The zero-order valence-corrected chi connectivity index (χ0v) is 8.20. The lowest BCUT2D eigenvalue weighted by Gasteiger charge is -2.21. The number of aromatic amines is 1. The summed E-state index contributed by atoms with van der Waals surface area (Å²) in [5.74, 6) is 1.55. The number of nitrogens with one attached hydrogen (secondary N) is 2. The lowest BCUT2D eigenvalue weighted by Crippen LogP contribution is -2.29. The summed E-state index contributed by atoms with van der Waals surface area (Å²) in [7, 11) is 0. The molecular formula is C9H16N4O. The second kappa shape index (κ2) is 5.07. The minimum Gasteiger partial charge on any atom is -0.381 e. The molecule has 78 valence electrons. The van der Waals surface area contributed by atoms with Crippen molar-refractivity contribution in [3.8, 4) is 0 Å². The maximum Gasteiger partial charge on any atom is 0.138 e. The van der Waals surface area contributed by atoms with Crippen LogP contribution in [0.1, 0.15) is 18.7 Å². The van der Waals surface area contributed by atoms with Gasteiger partial charge in [0.15, 0.2) is 0 Å². The lowest BCUT2D eigenvalue weighted by atomic mass is 10.0. The maximum absolute atomic E-state index is 5.39. The van der Waals surface area contributed by atoms with E-state index >= 15 is 0 Å². The molecule has 14 heavy (non-hydrogen) atoms. The van der Waals surface area contributed by atoms with E-state index in [0.29, 0.717) is 5.92 Å². The second-order valence-electron chi connectivity index (χ2n) is 3.65. The minimum absolute atomic E-state index is 0.659. The molecule has 0 amide bonds. The van der Waals surface area contributed by atoms with Crippen LogP contribution >= 0.6 is 0 Å². The average Bonchev–Trinajstić information content (AvgIpc) is 2.72. The molecule has 1 aromatic rings. The predicted molar refractivity (Wildman–Crippen MR) is 51.6 cm³/mol. The smallest absolute Gasteiger partial charge is 0.138 e. The Hall–Kier alpha value is -0.940. The van der Waals surface area contributed by atoms with E-state index in [0.717, 1.165) is 32.1 Å². The van der Waals surface area contributed by atoms with Gasteiger partial charge in [0.1, 0.15) is 12.2 Å². The molecule has 5 heteroatoms. The Bertz CT molecular complexity index is 243. The average molecular weight is 196 g/mol. The van der Waals surface area contributed by atoms with Gasteiger partial charge in [-0.05, 0) is 18.8 Å². The van der Waals surface area contributed by atoms with Crippen molar-refractivity contribution in [1.29, 1.82) is 0 Å². The number of hydrogen-bond acceptors (Lipinski definition) is 4. The first-order chi connectivity index (χ1) is 6.95. The van der Waals surface area contributed by atoms with E-state index in [9.17, 15) is 0 Å². The molecule has 0 saturated carbocycles. The summed E-state index contributed by atoms with van der Waals surface area (Å²) in [4.78, 5) is 4.04. The molecule has 0 spiro atoms. The van der Waals surface area contributed by atoms with E-state index in [-0.39, 0.29) is 0 Å². The first-order valence-corrected chi connectivity index (χ1v) is 5.08. The standard InChI is InChI=1S/C9H16N4O/c1-2-8(6-14-3-1)4-10-5-9-11-7-12-13-9/h7-8,10H,1-6H2,(H,11,12,13). The van der Waals surface area contributed by atoms with Crippen LogP contribution in [0.2, 0.25) is 0 Å². The number of hydrogen-bond donors (Lipinski definition) is 2. The molecule has 1 saturated heterocycles. The number of aromatic nitrogens is 3. The van der Waals surface area contributed by atoms with Crippen LogP contribution in [0, 0.1) is 5.92 Å². The van der Waals surface area contributed by atoms with Gasteiger partial charge in [-0.3, -0.25) is 5.10 Å². The van der Waals surface area contributed by atoms with Gasteiger partial charge in [-0.15, -0.1) is 0 Å². The predicted octanol–water partition coefficient (Wildman–Crippen LogP) is 0.321. The fourth-order valence-corrected chi connectivity index (χ4v) is 1.68. The fourth-order valence-electron chi connectivity index (χ4n) is 1.68.